The van der Waals surface area contributed by atoms with Crippen molar-refractivity contribution in [1.82, 2.24) is 24.1 Å². The Morgan fingerprint density at radius 1 is 0.964 bits per heavy atom. The van der Waals surface area contributed by atoms with Gasteiger partial charge in [-0.1, -0.05) is 62.9 Å². The predicted molar refractivity (Wildman–Crippen MR) is 115 cm³/mol. The van der Waals surface area contributed by atoms with E-state index in [1.807, 2.05) is 13.1 Å². The standard InChI is InChI=1S/C22H25N5S/c1-15-6-11-19-23-18(13-27(19)12-15)14-28-21-25-24-20(26(21)5)16-7-9-17(10-8-16)22(2,3)4/h6-13H,14H2,1-5H3. The van der Waals surface area contributed by atoms with Crippen LogP contribution in [0.4, 0.5) is 0 Å². The molecule has 0 saturated heterocycles. The average molecular weight is 392 g/mol. The van der Waals surface area contributed by atoms with Gasteiger partial charge in [0.25, 0.3) is 0 Å². The Labute approximate surface area is 169 Å². The van der Waals surface area contributed by atoms with Crippen molar-refractivity contribution < 1.29 is 0 Å². The van der Waals surface area contributed by atoms with Gasteiger partial charge in [-0.05, 0) is 29.5 Å². The van der Waals surface area contributed by atoms with Crippen molar-refractivity contribution in [1.29, 1.82) is 0 Å². The highest BCUT2D eigenvalue weighted by molar-refractivity contribution is 7.98. The number of nitrogens with zero attached hydrogens (tertiary/aromatic N) is 5. The van der Waals surface area contributed by atoms with Gasteiger partial charge < -0.3 is 8.97 Å². The molecule has 0 aliphatic carbocycles. The van der Waals surface area contributed by atoms with Gasteiger partial charge >= 0.3 is 0 Å². The normalized spacial score (nSPS) is 12.0. The Kier molecular flexibility index (Phi) is 4.75. The fraction of sp³-hybridized carbons (Fsp3) is 0.318. The second kappa shape index (κ2) is 7.09. The Hall–Kier alpha value is -2.60. The first kappa shape index (κ1) is 18.7. The van der Waals surface area contributed by atoms with Crippen LogP contribution in [-0.4, -0.2) is 24.1 Å². The number of aromatic nitrogens is 5. The molecule has 4 rings (SSSR count). The van der Waals surface area contributed by atoms with Crippen LogP contribution in [0.25, 0.3) is 17.0 Å². The SMILES string of the molecule is Cc1ccc2nc(CSc3nnc(-c4ccc(C(C)(C)C)cc4)n3C)cn2c1. The predicted octanol–water partition coefficient (Wildman–Crippen LogP) is 5.03. The molecule has 3 heterocycles. The molecule has 0 amide bonds. The molecule has 5 nitrogen and oxygen atoms in total. The van der Waals surface area contributed by atoms with Gasteiger partial charge in [-0.2, -0.15) is 0 Å². The van der Waals surface area contributed by atoms with Crippen molar-refractivity contribution in [3.8, 4) is 11.4 Å². The lowest BCUT2D eigenvalue weighted by molar-refractivity contribution is 0.590. The Morgan fingerprint density at radius 3 is 2.43 bits per heavy atom. The molecular weight excluding hydrogens is 366 g/mol. The number of hydrogen-bond donors (Lipinski definition) is 0. The molecule has 0 aliphatic rings. The first-order valence-electron chi connectivity index (χ1n) is 9.38. The molecule has 0 N–H and O–H groups in total. The van der Waals surface area contributed by atoms with Crippen LogP contribution in [0.2, 0.25) is 0 Å². The lowest BCUT2D eigenvalue weighted by Crippen LogP contribution is -2.10. The van der Waals surface area contributed by atoms with Crippen LogP contribution >= 0.6 is 11.8 Å². The maximum absolute atomic E-state index is 4.68. The molecule has 0 spiro atoms. The number of fused-ring (bicyclic) bond motifs is 1. The third-order valence-corrected chi connectivity index (χ3v) is 5.90. The van der Waals surface area contributed by atoms with E-state index in [0.29, 0.717) is 0 Å². The van der Waals surface area contributed by atoms with E-state index in [1.165, 1.54) is 11.1 Å². The second-order valence-electron chi connectivity index (χ2n) is 8.19. The maximum atomic E-state index is 4.68. The van der Waals surface area contributed by atoms with Crippen LogP contribution < -0.4 is 0 Å². The number of hydrogen-bond acceptors (Lipinski definition) is 4. The van der Waals surface area contributed by atoms with Crippen LogP contribution in [-0.2, 0) is 18.2 Å². The van der Waals surface area contributed by atoms with E-state index in [1.54, 1.807) is 11.8 Å². The van der Waals surface area contributed by atoms with Crippen LogP contribution in [0.15, 0.2) is 53.9 Å². The summed E-state index contributed by atoms with van der Waals surface area (Å²) in [4.78, 5) is 4.68. The zero-order valence-corrected chi connectivity index (χ0v) is 17.8. The van der Waals surface area contributed by atoms with E-state index in [2.05, 4.69) is 94.6 Å². The smallest absolute Gasteiger partial charge is 0.191 e. The average Bonchev–Trinajstić information content (AvgIpc) is 3.22. The quantitative estimate of drug-likeness (QED) is 0.458. The van der Waals surface area contributed by atoms with E-state index in [4.69, 9.17) is 0 Å². The summed E-state index contributed by atoms with van der Waals surface area (Å²) < 4.78 is 4.13. The minimum absolute atomic E-state index is 0.145. The number of benzene rings is 1. The van der Waals surface area contributed by atoms with Gasteiger partial charge in [0.1, 0.15) is 5.65 Å². The molecule has 0 bridgehead atoms. The number of thioether (sulfide) groups is 1. The van der Waals surface area contributed by atoms with Crippen molar-refractivity contribution in [3.05, 3.63) is 65.6 Å². The highest BCUT2D eigenvalue weighted by Crippen LogP contribution is 2.28. The lowest BCUT2D eigenvalue weighted by Gasteiger charge is -2.19. The molecule has 6 heteroatoms. The van der Waals surface area contributed by atoms with Crippen molar-refractivity contribution in [2.45, 2.75) is 44.0 Å². The molecule has 144 valence electrons. The van der Waals surface area contributed by atoms with Crippen LogP contribution in [0.3, 0.4) is 0 Å². The van der Waals surface area contributed by atoms with Crippen LogP contribution in [0, 0.1) is 6.92 Å². The van der Waals surface area contributed by atoms with E-state index in [-0.39, 0.29) is 5.41 Å². The summed E-state index contributed by atoms with van der Waals surface area (Å²) in [7, 11) is 2.02. The molecule has 0 atom stereocenters. The van der Waals surface area contributed by atoms with Gasteiger partial charge in [-0.15, -0.1) is 10.2 Å². The maximum Gasteiger partial charge on any atom is 0.191 e. The summed E-state index contributed by atoms with van der Waals surface area (Å²) in [5.41, 5.74) is 5.77. The highest BCUT2D eigenvalue weighted by atomic mass is 32.2. The molecule has 0 saturated carbocycles. The van der Waals surface area contributed by atoms with Crippen LogP contribution in [0.1, 0.15) is 37.6 Å². The molecule has 1 aromatic carbocycles. The van der Waals surface area contributed by atoms with E-state index in [9.17, 15) is 0 Å². The fourth-order valence-corrected chi connectivity index (χ4v) is 3.97. The first-order valence-corrected chi connectivity index (χ1v) is 10.4. The number of aryl methyl sites for hydroxylation is 1. The van der Waals surface area contributed by atoms with Gasteiger partial charge in [0, 0.05) is 30.8 Å². The van der Waals surface area contributed by atoms with Crippen molar-refractivity contribution in [3.63, 3.8) is 0 Å². The van der Waals surface area contributed by atoms with E-state index >= 15 is 0 Å². The zero-order valence-electron chi connectivity index (χ0n) is 17.0. The summed E-state index contributed by atoms with van der Waals surface area (Å²) in [6.45, 7) is 8.75. The zero-order chi connectivity index (χ0) is 19.9. The monoisotopic (exact) mass is 391 g/mol. The van der Waals surface area contributed by atoms with E-state index in [0.717, 1.165) is 33.6 Å². The summed E-state index contributed by atoms with van der Waals surface area (Å²) >= 11 is 1.66. The van der Waals surface area contributed by atoms with Crippen LogP contribution in [0.5, 0.6) is 0 Å². The minimum atomic E-state index is 0.145. The molecule has 4 aromatic rings. The Bertz CT molecular complexity index is 1120. The largest absolute Gasteiger partial charge is 0.307 e. The van der Waals surface area contributed by atoms with Crippen molar-refractivity contribution >= 4 is 17.4 Å². The lowest BCUT2D eigenvalue weighted by atomic mass is 9.87. The number of rotatable bonds is 4. The summed E-state index contributed by atoms with van der Waals surface area (Å²) in [5, 5.41) is 9.69. The van der Waals surface area contributed by atoms with Gasteiger partial charge in [0.15, 0.2) is 11.0 Å². The summed E-state index contributed by atoms with van der Waals surface area (Å²) in [6.07, 6.45) is 4.18. The summed E-state index contributed by atoms with van der Waals surface area (Å²) in [5.74, 6) is 1.64. The molecule has 3 aromatic heterocycles. The molecule has 28 heavy (non-hydrogen) atoms. The van der Waals surface area contributed by atoms with Gasteiger partial charge in [0.05, 0.1) is 5.69 Å². The third kappa shape index (κ3) is 3.69. The van der Waals surface area contributed by atoms with E-state index < -0.39 is 0 Å². The molecule has 0 radical (unpaired) electrons. The molecular formula is C22H25N5S. The number of pyridine rings is 1. The second-order valence-corrected chi connectivity index (χ2v) is 9.13. The van der Waals surface area contributed by atoms with Gasteiger partial charge in [0.2, 0.25) is 0 Å². The minimum Gasteiger partial charge on any atom is -0.307 e. The Morgan fingerprint density at radius 2 is 1.71 bits per heavy atom. The van der Waals surface area contributed by atoms with Crippen molar-refractivity contribution in [2.24, 2.45) is 7.05 Å². The highest BCUT2D eigenvalue weighted by Gasteiger charge is 2.16. The Balaban J connectivity index is 1.51. The molecule has 0 aliphatic heterocycles. The number of imidazole rings is 1. The van der Waals surface area contributed by atoms with Gasteiger partial charge in [-0.3, -0.25) is 0 Å². The molecule has 0 unspecified atom stereocenters. The molecule has 0 fully saturated rings. The first-order chi connectivity index (χ1) is 13.3. The topological polar surface area (TPSA) is 48.0 Å². The third-order valence-electron chi connectivity index (χ3n) is 4.84. The van der Waals surface area contributed by atoms with Crippen molar-refractivity contribution in [2.75, 3.05) is 0 Å². The summed E-state index contributed by atoms with van der Waals surface area (Å²) in [6, 6.07) is 12.7. The fourth-order valence-electron chi connectivity index (χ4n) is 3.17. The van der Waals surface area contributed by atoms with Gasteiger partial charge in [-0.25, -0.2) is 4.98 Å².